The molecule has 0 radical (unpaired) electrons. The van der Waals surface area contributed by atoms with Gasteiger partial charge in [-0.1, -0.05) is 37.6 Å². The van der Waals surface area contributed by atoms with Crippen molar-refractivity contribution in [2.24, 2.45) is 5.92 Å². The second-order valence-electron chi connectivity index (χ2n) is 9.20. The number of hydrogen-bond acceptors (Lipinski definition) is 5. The van der Waals surface area contributed by atoms with Crippen molar-refractivity contribution in [1.29, 1.82) is 0 Å². The van der Waals surface area contributed by atoms with Crippen LogP contribution in [0.2, 0.25) is 5.02 Å². The Bertz CT molecular complexity index is 1080. The molecule has 3 rings (SSSR count). The number of hydrogen-bond donors (Lipinski definition) is 5. The lowest BCUT2D eigenvalue weighted by Crippen LogP contribution is -2.26. The summed E-state index contributed by atoms with van der Waals surface area (Å²) in [6.45, 7) is 7.03. The Morgan fingerprint density at radius 3 is 2.35 bits per heavy atom. The van der Waals surface area contributed by atoms with Gasteiger partial charge in [0.2, 0.25) is 0 Å². The maximum absolute atomic E-state index is 14.5. The summed E-state index contributed by atoms with van der Waals surface area (Å²) in [5, 5.41) is 26.0. The van der Waals surface area contributed by atoms with Gasteiger partial charge in [-0.15, -0.1) is 0 Å². The summed E-state index contributed by atoms with van der Waals surface area (Å²) in [4.78, 5) is 31.5. The second-order valence-corrected chi connectivity index (χ2v) is 9.61. The van der Waals surface area contributed by atoms with Crippen LogP contribution < -0.4 is 16.0 Å². The second kappa shape index (κ2) is 15.2. The third kappa shape index (κ3) is 10.4. The van der Waals surface area contributed by atoms with Crippen LogP contribution >= 0.6 is 11.6 Å². The third-order valence-corrected chi connectivity index (χ3v) is 6.10. The fourth-order valence-corrected chi connectivity index (χ4v) is 4.01. The number of carbonyl (C=O) groups excluding carboxylic acids is 1. The molecule has 0 aliphatic carbocycles. The SMILES string of the molecule is CC(C)CCNC(=O)c1ccc(CNc2c(Cl)ccc3c2CCNCC3)cc1F.O=C(O)CCC(=O)O. The number of carboxylic acid groups (broad SMARTS) is 2. The van der Waals surface area contributed by atoms with E-state index in [1.807, 2.05) is 6.07 Å². The molecule has 0 bridgehead atoms. The number of carbonyl (C=O) groups is 3. The Kier molecular flexibility index (Phi) is 12.3. The molecule has 1 aliphatic rings. The van der Waals surface area contributed by atoms with E-state index in [0.29, 0.717) is 24.0 Å². The molecule has 37 heavy (non-hydrogen) atoms. The number of benzene rings is 2. The number of rotatable bonds is 10. The van der Waals surface area contributed by atoms with Crippen molar-refractivity contribution in [1.82, 2.24) is 10.6 Å². The van der Waals surface area contributed by atoms with Gasteiger partial charge in [0.25, 0.3) is 5.91 Å². The molecule has 1 aliphatic heterocycles. The molecule has 10 heteroatoms. The molecule has 8 nitrogen and oxygen atoms in total. The lowest BCUT2D eigenvalue weighted by molar-refractivity contribution is -0.143. The third-order valence-electron chi connectivity index (χ3n) is 5.79. The predicted octanol–water partition coefficient (Wildman–Crippen LogP) is 4.49. The van der Waals surface area contributed by atoms with E-state index in [-0.39, 0.29) is 24.3 Å². The zero-order valence-electron chi connectivity index (χ0n) is 21.2. The highest BCUT2D eigenvalue weighted by Crippen LogP contribution is 2.31. The van der Waals surface area contributed by atoms with Crippen molar-refractivity contribution < 1.29 is 29.0 Å². The first-order chi connectivity index (χ1) is 17.6. The van der Waals surface area contributed by atoms with Crippen molar-refractivity contribution in [3.05, 3.63) is 63.4 Å². The van der Waals surface area contributed by atoms with Crippen LogP contribution in [0.25, 0.3) is 0 Å². The largest absolute Gasteiger partial charge is 0.481 e. The maximum Gasteiger partial charge on any atom is 0.303 e. The summed E-state index contributed by atoms with van der Waals surface area (Å²) in [6, 6.07) is 8.75. The van der Waals surface area contributed by atoms with Crippen LogP contribution in [-0.2, 0) is 29.0 Å². The van der Waals surface area contributed by atoms with Gasteiger partial charge in [0, 0.05) is 13.1 Å². The molecule has 202 valence electrons. The lowest BCUT2D eigenvalue weighted by atomic mass is 10.0. The van der Waals surface area contributed by atoms with E-state index >= 15 is 0 Å². The van der Waals surface area contributed by atoms with Crippen LogP contribution in [-0.4, -0.2) is 47.7 Å². The van der Waals surface area contributed by atoms with E-state index in [1.165, 1.54) is 17.2 Å². The standard InChI is InChI=1S/C23H29ClFN3O.C4H6O4/c1-15(2)7-12-27-23(29)19-5-3-16(13-21(19)25)14-28-22-18-9-11-26-10-8-17(18)4-6-20(22)24;5-3(6)1-2-4(7)8/h3-6,13,15,26,28H,7-12,14H2,1-2H3,(H,27,29);1-2H2,(H,5,6)(H,7,8). The van der Waals surface area contributed by atoms with E-state index in [0.717, 1.165) is 43.6 Å². The van der Waals surface area contributed by atoms with Gasteiger partial charge in [-0.3, -0.25) is 14.4 Å². The summed E-state index contributed by atoms with van der Waals surface area (Å²) < 4.78 is 14.5. The number of anilines is 1. The summed E-state index contributed by atoms with van der Waals surface area (Å²) in [7, 11) is 0. The Morgan fingerprint density at radius 1 is 1.05 bits per heavy atom. The molecule has 1 heterocycles. The molecule has 0 spiro atoms. The van der Waals surface area contributed by atoms with E-state index < -0.39 is 17.8 Å². The minimum Gasteiger partial charge on any atom is -0.481 e. The normalized spacial score (nSPS) is 12.6. The number of aliphatic carboxylic acids is 2. The molecule has 2 aromatic carbocycles. The molecule has 1 amide bonds. The minimum absolute atomic E-state index is 0.0789. The zero-order valence-corrected chi connectivity index (χ0v) is 22.0. The first kappa shape index (κ1) is 30.1. The van der Waals surface area contributed by atoms with E-state index in [4.69, 9.17) is 21.8 Å². The Labute approximate surface area is 221 Å². The van der Waals surface area contributed by atoms with Crippen molar-refractivity contribution in [2.45, 2.75) is 52.5 Å². The first-order valence-electron chi connectivity index (χ1n) is 12.3. The first-order valence-corrected chi connectivity index (χ1v) is 12.7. The highest BCUT2D eigenvalue weighted by Gasteiger charge is 2.16. The van der Waals surface area contributed by atoms with E-state index in [9.17, 15) is 18.8 Å². The van der Waals surface area contributed by atoms with Crippen molar-refractivity contribution in [3.63, 3.8) is 0 Å². The molecule has 0 aromatic heterocycles. The van der Waals surface area contributed by atoms with Crippen LogP contribution in [0.5, 0.6) is 0 Å². The highest BCUT2D eigenvalue weighted by molar-refractivity contribution is 6.33. The number of carboxylic acids is 2. The molecule has 2 aromatic rings. The van der Waals surface area contributed by atoms with Crippen molar-refractivity contribution >= 4 is 35.1 Å². The molecule has 0 atom stereocenters. The average Bonchev–Trinajstić information content (AvgIpc) is 3.08. The van der Waals surface area contributed by atoms with Gasteiger partial charge in [-0.2, -0.15) is 0 Å². The van der Waals surface area contributed by atoms with Crippen LogP contribution in [0.1, 0.15) is 60.2 Å². The number of fused-ring (bicyclic) bond motifs is 1. The van der Waals surface area contributed by atoms with Gasteiger partial charge in [0.15, 0.2) is 0 Å². The summed E-state index contributed by atoms with van der Waals surface area (Å²) >= 11 is 6.44. The molecule has 0 saturated heterocycles. The Morgan fingerprint density at radius 2 is 1.73 bits per heavy atom. The quantitative estimate of drug-likeness (QED) is 0.303. The predicted molar refractivity (Wildman–Crippen MR) is 142 cm³/mol. The van der Waals surface area contributed by atoms with Crippen LogP contribution in [0.15, 0.2) is 30.3 Å². The highest BCUT2D eigenvalue weighted by atomic mass is 35.5. The van der Waals surface area contributed by atoms with Crippen molar-refractivity contribution in [3.8, 4) is 0 Å². The molecular formula is C27H35ClFN3O5. The fraction of sp³-hybridized carbons (Fsp3) is 0.444. The van der Waals surface area contributed by atoms with Crippen LogP contribution in [0, 0.1) is 11.7 Å². The zero-order chi connectivity index (χ0) is 27.4. The van der Waals surface area contributed by atoms with Gasteiger partial charge in [0.05, 0.1) is 29.1 Å². The Hall–Kier alpha value is -3.17. The molecule has 0 saturated carbocycles. The Balaban J connectivity index is 0.000000521. The summed E-state index contributed by atoms with van der Waals surface area (Å²) in [5.74, 6) is -2.54. The van der Waals surface area contributed by atoms with Gasteiger partial charge in [-0.25, -0.2) is 4.39 Å². The number of halogens is 2. The number of nitrogens with one attached hydrogen (secondary N) is 3. The summed E-state index contributed by atoms with van der Waals surface area (Å²) in [5.41, 5.74) is 4.28. The van der Waals surface area contributed by atoms with Crippen LogP contribution in [0.3, 0.4) is 0 Å². The summed E-state index contributed by atoms with van der Waals surface area (Å²) in [6.07, 6.45) is 2.15. The molecule has 0 fully saturated rings. The van der Waals surface area contributed by atoms with E-state index in [2.05, 4.69) is 35.9 Å². The van der Waals surface area contributed by atoms with E-state index in [1.54, 1.807) is 12.1 Å². The topological polar surface area (TPSA) is 128 Å². The monoisotopic (exact) mass is 535 g/mol. The molecular weight excluding hydrogens is 501 g/mol. The fourth-order valence-electron chi connectivity index (χ4n) is 3.76. The smallest absolute Gasteiger partial charge is 0.303 e. The van der Waals surface area contributed by atoms with Gasteiger partial charge in [-0.05, 0) is 73.2 Å². The van der Waals surface area contributed by atoms with Crippen LogP contribution in [0.4, 0.5) is 10.1 Å². The average molecular weight is 536 g/mol. The molecule has 5 N–H and O–H groups in total. The van der Waals surface area contributed by atoms with Crippen molar-refractivity contribution in [2.75, 3.05) is 25.0 Å². The van der Waals surface area contributed by atoms with Gasteiger partial charge in [0.1, 0.15) is 5.82 Å². The van der Waals surface area contributed by atoms with Gasteiger partial charge >= 0.3 is 11.9 Å². The maximum atomic E-state index is 14.5. The lowest BCUT2D eigenvalue weighted by Gasteiger charge is -2.16. The van der Waals surface area contributed by atoms with Gasteiger partial charge < -0.3 is 26.2 Å². The number of amides is 1. The minimum atomic E-state index is -1.08. The molecule has 0 unspecified atom stereocenters.